The van der Waals surface area contributed by atoms with Crippen LogP contribution in [0.1, 0.15) is 61.7 Å². The molecule has 0 aliphatic heterocycles. The quantitative estimate of drug-likeness (QED) is 0.741. The maximum Gasteiger partial charge on any atom is 0.226 e. The smallest absolute Gasteiger partial charge is 0.226 e. The number of amides is 1. The van der Waals surface area contributed by atoms with Crippen molar-refractivity contribution in [3.05, 3.63) is 52.0 Å². The van der Waals surface area contributed by atoms with E-state index in [9.17, 15) is 4.79 Å². The van der Waals surface area contributed by atoms with Gasteiger partial charge in [0.05, 0.1) is 17.1 Å². The monoisotopic (exact) mass is 356 g/mol. The Morgan fingerprint density at radius 2 is 2.12 bits per heavy atom. The lowest BCUT2D eigenvalue weighted by molar-refractivity contribution is -0.121. The van der Waals surface area contributed by atoms with Crippen molar-refractivity contribution >= 4 is 17.2 Å². The predicted molar refractivity (Wildman–Crippen MR) is 104 cm³/mol. The van der Waals surface area contributed by atoms with Gasteiger partial charge in [0.15, 0.2) is 0 Å². The largest absolute Gasteiger partial charge is 0.353 e. The number of rotatable bonds is 8. The maximum absolute atomic E-state index is 12.4. The van der Waals surface area contributed by atoms with Gasteiger partial charge in [-0.3, -0.25) is 4.79 Å². The van der Waals surface area contributed by atoms with Crippen LogP contribution in [-0.2, 0) is 17.6 Å². The number of thiazole rings is 1. The minimum Gasteiger partial charge on any atom is -0.353 e. The fraction of sp³-hybridized carbons (Fsp3) is 0.524. The van der Waals surface area contributed by atoms with Crippen LogP contribution in [-0.4, -0.2) is 16.9 Å². The molecular weight excluding hydrogens is 328 g/mol. The zero-order valence-electron chi connectivity index (χ0n) is 15.0. The second-order valence-corrected chi connectivity index (χ2v) is 8.02. The average molecular weight is 357 g/mol. The van der Waals surface area contributed by atoms with Crippen molar-refractivity contribution < 1.29 is 4.79 Å². The summed E-state index contributed by atoms with van der Waals surface area (Å²) in [6.45, 7) is 2.23. The molecule has 1 amide bonds. The van der Waals surface area contributed by atoms with Gasteiger partial charge in [0.2, 0.25) is 5.91 Å². The van der Waals surface area contributed by atoms with E-state index in [1.54, 1.807) is 11.3 Å². The molecular formula is C21H28N2OS. The molecule has 25 heavy (non-hydrogen) atoms. The topological polar surface area (TPSA) is 42.0 Å². The molecule has 1 aromatic heterocycles. The van der Waals surface area contributed by atoms with Crippen LogP contribution in [0.3, 0.4) is 0 Å². The van der Waals surface area contributed by atoms with Crippen LogP contribution in [0.25, 0.3) is 0 Å². The summed E-state index contributed by atoms with van der Waals surface area (Å²) < 4.78 is 0. The van der Waals surface area contributed by atoms with Gasteiger partial charge in [0.25, 0.3) is 0 Å². The Morgan fingerprint density at radius 3 is 2.92 bits per heavy atom. The van der Waals surface area contributed by atoms with Crippen molar-refractivity contribution in [1.29, 1.82) is 0 Å². The fourth-order valence-electron chi connectivity index (χ4n) is 3.74. The molecule has 1 fully saturated rings. The minimum atomic E-state index is 0.130. The summed E-state index contributed by atoms with van der Waals surface area (Å²) in [4.78, 5) is 17.1. The van der Waals surface area contributed by atoms with E-state index in [1.165, 1.54) is 37.7 Å². The molecule has 1 saturated carbocycles. The highest BCUT2D eigenvalue weighted by atomic mass is 32.1. The number of unbranched alkanes of at least 4 members (excludes halogenated alkanes) is 1. The first-order valence-corrected chi connectivity index (χ1v) is 10.4. The Bertz CT molecular complexity index is 668. The lowest BCUT2D eigenvalue weighted by atomic mass is 9.96. The summed E-state index contributed by atoms with van der Waals surface area (Å²) in [5.74, 6) is 0.804. The number of hydrogen-bond acceptors (Lipinski definition) is 3. The summed E-state index contributed by atoms with van der Waals surface area (Å²) in [5.41, 5.74) is 2.16. The number of hydrogen-bond donors (Lipinski definition) is 1. The minimum absolute atomic E-state index is 0.130. The third kappa shape index (κ3) is 5.40. The molecule has 3 nitrogen and oxygen atoms in total. The summed E-state index contributed by atoms with van der Waals surface area (Å²) in [7, 11) is 0. The van der Waals surface area contributed by atoms with Crippen LogP contribution in [0, 0.1) is 5.92 Å². The summed E-state index contributed by atoms with van der Waals surface area (Å²) in [5, 5.41) is 6.38. The van der Waals surface area contributed by atoms with E-state index >= 15 is 0 Å². The molecule has 0 radical (unpaired) electrons. The summed E-state index contributed by atoms with van der Waals surface area (Å²) in [6, 6.07) is 10.7. The van der Waals surface area contributed by atoms with Crippen LogP contribution in [0.5, 0.6) is 0 Å². The SMILES string of the molecule is CCCCC1CCCC1NC(=O)Cc1csc(Cc2ccccc2)n1. The molecule has 3 rings (SSSR count). The molecule has 4 heteroatoms. The molecule has 2 atom stereocenters. The number of benzene rings is 1. The molecule has 2 aromatic rings. The molecule has 1 aliphatic rings. The number of aromatic nitrogens is 1. The highest BCUT2D eigenvalue weighted by Gasteiger charge is 2.27. The number of carbonyl (C=O) groups is 1. The Kier molecular flexibility index (Phi) is 6.62. The van der Waals surface area contributed by atoms with Crippen molar-refractivity contribution in [3.63, 3.8) is 0 Å². The van der Waals surface area contributed by atoms with Crippen LogP contribution in [0.2, 0.25) is 0 Å². The molecule has 1 N–H and O–H groups in total. The second kappa shape index (κ2) is 9.14. The molecule has 0 spiro atoms. The van der Waals surface area contributed by atoms with E-state index in [4.69, 9.17) is 0 Å². The third-order valence-corrected chi connectivity index (χ3v) is 5.97. The lowest BCUT2D eigenvalue weighted by Crippen LogP contribution is -2.38. The Hall–Kier alpha value is -1.68. The van der Waals surface area contributed by atoms with E-state index < -0.39 is 0 Å². The van der Waals surface area contributed by atoms with Crippen molar-refractivity contribution in [2.45, 2.75) is 64.3 Å². The zero-order chi connectivity index (χ0) is 17.5. The molecule has 1 heterocycles. The highest BCUT2D eigenvalue weighted by molar-refractivity contribution is 7.09. The molecule has 134 valence electrons. The van der Waals surface area contributed by atoms with Crippen molar-refractivity contribution in [2.75, 3.05) is 0 Å². The van der Waals surface area contributed by atoms with E-state index in [0.717, 1.165) is 23.5 Å². The van der Waals surface area contributed by atoms with Gasteiger partial charge in [-0.25, -0.2) is 4.98 Å². The van der Waals surface area contributed by atoms with Crippen LogP contribution in [0.15, 0.2) is 35.7 Å². The van der Waals surface area contributed by atoms with Gasteiger partial charge in [-0.15, -0.1) is 11.3 Å². The third-order valence-electron chi connectivity index (χ3n) is 5.07. The fourth-order valence-corrected chi connectivity index (χ4v) is 4.57. The molecule has 1 aliphatic carbocycles. The summed E-state index contributed by atoms with van der Waals surface area (Å²) in [6.07, 6.45) is 8.65. The Balaban J connectivity index is 1.50. The average Bonchev–Trinajstić information content (AvgIpc) is 3.23. The van der Waals surface area contributed by atoms with Gasteiger partial charge in [-0.1, -0.05) is 56.5 Å². The zero-order valence-corrected chi connectivity index (χ0v) is 15.9. The molecule has 0 bridgehead atoms. The standard InChI is InChI=1S/C21H28N2OS/c1-2-3-10-17-11-7-12-19(17)23-20(24)14-18-15-25-21(22-18)13-16-8-5-4-6-9-16/h4-6,8-9,15,17,19H,2-3,7,10-14H2,1H3,(H,23,24). The molecule has 0 saturated heterocycles. The van der Waals surface area contributed by atoms with Gasteiger partial charge in [-0.05, 0) is 30.7 Å². The first kappa shape index (κ1) is 18.1. The maximum atomic E-state index is 12.4. The number of carbonyl (C=O) groups excluding carboxylic acids is 1. The van der Waals surface area contributed by atoms with E-state index in [0.29, 0.717) is 18.4 Å². The Morgan fingerprint density at radius 1 is 1.28 bits per heavy atom. The highest BCUT2D eigenvalue weighted by Crippen LogP contribution is 2.30. The van der Waals surface area contributed by atoms with E-state index in [2.05, 4.69) is 29.4 Å². The lowest BCUT2D eigenvalue weighted by Gasteiger charge is -2.20. The van der Waals surface area contributed by atoms with Crippen molar-refractivity contribution in [3.8, 4) is 0 Å². The van der Waals surface area contributed by atoms with Crippen molar-refractivity contribution in [1.82, 2.24) is 10.3 Å². The van der Waals surface area contributed by atoms with Gasteiger partial charge in [0, 0.05) is 17.8 Å². The summed E-state index contributed by atoms with van der Waals surface area (Å²) >= 11 is 1.65. The van der Waals surface area contributed by atoms with Crippen molar-refractivity contribution in [2.24, 2.45) is 5.92 Å². The molecule has 1 aromatic carbocycles. The van der Waals surface area contributed by atoms with Gasteiger partial charge < -0.3 is 5.32 Å². The van der Waals surface area contributed by atoms with E-state index in [-0.39, 0.29) is 5.91 Å². The van der Waals surface area contributed by atoms with Crippen LogP contribution < -0.4 is 5.32 Å². The first-order chi connectivity index (χ1) is 12.2. The van der Waals surface area contributed by atoms with Crippen LogP contribution in [0.4, 0.5) is 0 Å². The van der Waals surface area contributed by atoms with Gasteiger partial charge in [0.1, 0.15) is 0 Å². The number of nitrogens with one attached hydrogen (secondary N) is 1. The first-order valence-electron chi connectivity index (χ1n) is 9.51. The van der Waals surface area contributed by atoms with E-state index in [1.807, 2.05) is 23.6 Å². The second-order valence-electron chi connectivity index (χ2n) is 7.08. The molecule has 2 unspecified atom stereocenters. The van der Waals surface area contributed by atoms with Gasteiger partial charge in [-0.2, -0.15) is 0 Å². The van der Waals surface area contributed by atoms with Crippen LogP contribution >= 0.6 is 11.3 Å². The van der Waals surface area contributed by atoms with Gasteiger partial charge >= 0.3 is 0 Å². The number of nitrogens with zero attached hydrogens (tertiary/aromatic N) is 1. The Labute approximate surface area is 154 Å². The normalized spacial score (nSPS) is 19.9. The predicted octanol–water partition coefficient (Wildman–Crippen LogP) is 4.75.